The highest BCUT2D eigenvalue weighted by atomic mass is 16.5. The van der Waals surface area contributed by atoms with Crippen molar-refractivity contribution in [3.8, 4) is 0 Å². The number of carbonyl (C=O) groups excluding carboxylic acids is 2. The van der Waals surface area contributed by atoms with E-state index in [9.17, 15) is 9.59 Å². The fourth-order valence-corrected chi connectivity index (χ4v) is 1.76. The SMILES string of the molecule is CCCCOC(=O)c1ccc(NC(=O)[C@@H](N)CCC)cc1. The Bertz CT molecular complexity index is 457. The van der Waals surface area contributed by atoms with Crippen LogP contribution in [0.4, 0.5) is 5.69 Å². The predicted molar refractivity (Wildman–Crippen MR) is 83.1 cm³/mol. The molecule has 3 N–H and O–H groups in total. The highest BCUT2D eigenvalue weighted by molar-refractivity contribution is 5.95. The van der Waals surface area contributed by atoms with Crippen molar-refractivity contribution in [2.45, 2.75) is 45.6 Å². The van der Waals surface area contributed by atoms with Gasteiger partial charge in [-0.1, -0.05) is 26.7 Å². The highest BCUT2D eigenvalue weighted by Crippen LogP contribution is 2.11. The maximum atomic E-state index is 11.8. The largest absolute Gasteiger partial charge is 0.462 e. The van der Waals surface area contributed by atoms with Crippen LogP contribution in [0, 0.1) is 0 Å². The molecule has 0 aromatic heterocycles. The van der Waals surface area contributed by atoms with Gasteiger partial charge in [0, 0.05) is 5.69 Å². The Labute approximate surface area is 125 Å². The van der Waals surface area contributed by atoms with Gasteiger partial charge in [0.05, 0.1) is 18.2 Å². The molecule has 0 radical (unpaired) electrons. The topological polar surface area (TPSA) is 81.4 Å². The van der Waals surface area contributed by atoms with Crippen molar-refractivity contribution in [3.05, 3.63) is 29.8 Å². The maximum Gasteiger partial charge on any atom is 0.338 e. The van der Waals surface area contributed by atoms with Gasteiger partial charge in [0.2, 0.25) is 5.91 Å². The number of hydrogen-bond acceptors (Lipinski definition) is 4. The van der Waals surface area contributed by atoms with Gasteiger partial charge in [0.1, 0.15) is 0 Å². The first-order chi connectivity index (χ1) is 10.1. The van der Waals surface area contributed by atoms with E-state index in [4.69, 9.17) is 10.5 Å². The molecule has 0 saturated carbocycles. The number of hydrogen-bond donors (Lipinski definition) is 2. The summed E-state index contributed by atoms with van der Waals surface area (Å²) in [4.78, 5) is 23.5. The second kappa shape index (κ2) is 9.13. The summed E-state index contributed by atoms with van der Waals surface area (Å²) in [7, 11) is 0. The summed E-state index contributed by atoms with van der Waals surface area (Å²) in [5.41, 5.74) is 6.83. The summed E-state index contributed by atoms with van der Waals surface area (Å²) in [5, 5.41) is 2.73. The molecular formula is C16H24N2O3. The quantitative estimate of drug-likeness (QED) is 0.570. The first kappa shape index (κ1) is 17.2. The molecule has 1 rings (SSSR count). The standard InChI is InChI=1S/C16H24N2O3/c1-3-5-11-21-16(20)12-7-9-13(10-8-12)18-15(19)14(17)6-4-2/h7-10,14H,3-6,11,17H2,1-2H3,(H,18,19)/t14-/m0/s1. The molecule has 0 saturated heterocycles. The van der Waals surface area contributed by atoms with Gasteiger partial charge in [-0.05, 0) is 37.1 Å². The minimum atomic E-state index is -0.506. The number of anilines is 1. The zero-order chi connectivity index (χ0) is 15.7. The summed E-state index contributed by atoms with van der Waals surface area (Å²) in [6.45, 7) is 4.44. The third-order valence-corrected chi connectivity index (χ3v) is 3.06. The van der Waals surface area contributed by atoms with Crippen LogP contribution in [0.5, 0.6) is 0 Å². The molecule has 0 aliphatic carbocycles. The van der Waals surface area contributed by atoms with Crippen molar-refractivity contribution < 1.29 is 14.3 Å². The van der Waals surface area contributed by atoms with Crippen LogP contribution in [0.2, 0.25) is 0 Å². The van der Waals surface area contributed by atoms with E-state index in [1.807, 2.05) is 13.8 Å². The van der Waals surface area contributed by atoms with Crippen LogP contribution in [-0.4, -0.2) is 24.5 Å². The van der Waals surface area contributed by atoms with E-state index in [0.717, 1.165) is 19.3 Å². The normalized spacial score (nSPS) is 11.8. The summed E-state index contributed by atoms with van der Waals surface area (Å²) < 4.78 is 5.11. The van der Waals surface area contributed by atoms with Crippen molar-refractivity contribution in [2.75, 3.05) is 11.9 Å². The lowest BCUT2D eigenvalue weighted by Crippen LogP contribution is -2.35. The van der Waals surface area contributed by atoms with Gasteiger partial charge >= 0.3 is 5.97 Å². The Kier molecular flexibility index (Phi) is 7.46. The zero-order valence-corrected chi connectivity index (χ0v) is 12.7. The van der Waals surface area contributed by atoms with Crippen molar-refractivity contribution in [3.63, 3.8) is 0 Å². The predicted octanol–water partition coefficient (Wildman–Crippen LogP) is 2.71. The van der Waals surface area contributed by atoms with Crippen LogP contribution in [0.15, 0.2) is 24.3 Å². The third-order valence-electron chi connectivity index (χ3n) is 3.06. The molecule has 1 aromatic carbocycles. The van der Waals surface area contributed by atoms with Gasteiger partial charge in [-0.25, -0.2) is 4.79 Å². The van der Waals surface area contributed by atoms with Crippen molar-refractivity contribution in [1.82, 2.24) is 0 Å². The number of benzene rings is 1. The average molecular weight is 292 g/mol. The molecule has 5 nitrogen and oxygen atoms in total. The number of amides is 1. The Morgan fingerprint density at radius 2 is 1.86 bits per heavy atom. The molecule has 0 bridgehead atoms. The van der Waals surface area contributed by atoms with Gasteiger partial charge in [-0.3, -0.25) is 4.79 Å². The smallest absolute Gasteiger partial charge is 0.338 e. The Morgan fingerprint density at radius 1 is 1.19 bits per heavy atom. The fraction of sp³-hybridized carbons (Fsp3) is 0.500. The second-order valence-corrected chi connectivity index (χ2v) is 4.95. The molecule has 0 heterocycles. The first-order valence-corrected chi connectivity index (χ1v) is 7.42. The molecule has 1 aromatic rings. The number of carbonyl (C=O) groups is 2. The Hall–Kier alpha value is -1.88. The van der Waals surface area contributed by atoms with Crippen LogP contribution < -0.4 is 11.1 Å². The summed E-state index contributed by atoms with van der Waals surface area (Å²) in [5.74, 6) is -0.556. The van der Waals surface area contributed by atoms with Gasteiger partial charge in [0.25, 0.3) is 0 Å². The lowest BCUT2D eigenvalue weighted by Gasteiger charge is -2.11. The molecule has 5 heteroatoms. The number of rotatable bonds is 8. The van der Waals surface area contributed by atoms with Crippen molar-refractivity contribution >= 4 is 17.6 Å². The number of esters is 1. The van der Waals surface area contributed by atoms with Crippen LogP contribution in [0.25, 0.3) is 0 Å². The monoisotopic (exact) mass is 292 g/mol. The molecule has 116 valence electrons. The van der Waals surface area contributed by atoms with E-state index in [2.05, 4.69) is 5.32 Å². The van der Waals surface area contributed by atoms with E-state index < -0.39 is 6.04 Å². The van der Waals surface area contributed by atoms with E-state index in [0.29, 0.717) is 24.3 Å². The number of nitrogens with one attached hydrogen (secondary N) is 1. The van der Waals surface area contributed by atoms with Crippen LogP contribution in [0.3, 0.4) is 0 Å². The third kappa shape index (κ3) is 5.95. The molecule has 0 aliphatic heterocycles. The molecule has 1 atom stereocenters. The molecule has 0 fully saturated rings. The zero-order valence-electron chi connectivity index (χ0n) is 12.7. The van der Waals surface area contributed by atoms with Crippen molar-refractivity contribution in [2.24, 2.45) is 5.73 Å². The Balaban J connectivity index is 2.53. The van der Waals surface area contributed by atoms with E-state index in [1.54, 1.807) is 24.3 Å². The van der Waals surface area contributed by atoms with Gasteiger partial charge < -0.3 is 15.8 Å². The molecular weight excluding hydrogens is 268 g/mol. The second-order valence-electron chi connectivity index (χ2n) is 4.95. The Morgan fingerprint density at radius 3 is 2.43 bits per heavy atom. The van der Waals surface area contributed by atoms with E-state index in [-0.39, 0.29) is 11.9 Å². The molecule has 0 aliphatic rings. The first-order valence-electron chi connectivity index (χ1n) is 7.42. The van der Waals surface area contributed by atoms with E-state index >= 15 is 0 Å². The van der Waals surface area contributed by atoms with Crippen LogP contribution >= 0.6 is 0 Å². The fourth-order valence-electron chi connectivity index (χ4n) is 1.76. The number of unbranched alkanes of at least 4 members (excludes halogenated alkanes) is 1. The summed E-state index contributed by atoms with van der Waals surface area (Å²) in [6, 6.07) is 6.11. The summed E-state index contributed by atoms with van der Waals surface area (Å²) in [6.07, 6.45) is 3.34. The average Bonchev–Trinajstić information content (AvgIpc) is 2.48. The van der Waals surface area contributed by atoms with Crippen LogP contribution in [0.1, 0.15) is 49.9 Å². The lowest BCUT2D eigenvalue weighted by molar-refractivity contribution is -0.117. The maximum absolute atomic E-state index is 11.8. The summed E-state index contributed by atoms with van der Waals surface area (Å²) >= 11 is 0. The number of ether oxygens (including phenoxy) is 1. The lowest BCUT2D eigenvalue weighted by atomic mass is 10.1. The number of nitrogens with two attached hydrogens (primary N) is 1. The molecule has 0 spiro atoms. The minimum Gasteiger partial charge on any atom is -0.462 e. The van der Waals surface area contributed by atoms with Gasteiger partial charge in [-0.2, -0.15) is 0 Å². The molecule has 21 heavy (non-hydrogen) atoms. The molecule has 1 amide bonds. The van der Waals surface area contributed by atoms with E-state index in [1.165, 1.54) is 0 Å². The van der Waals surface area contributed by atoms with Gasteiger partial charge in [-0.15, -0.1) is 0 Å². The minimum absolute atomic E-state index is 0.213. The molecule has 0 unspecified atom stereocenters. The van der Waals surface area contributed by atoms with Crippen molar-refractivity contribution in [1.29, 1.82) is 0 Å². The highest BCUT2D eigenvalue weighted by Gasteiger charge is 2.13. The van der Waals surface area contributed by atoms with Crippen LogP contribution in [-0.2, 0) is 9.53 Å². The van der Waals surface area contributed by atoms with Gasteiger partial charge in [0.15, 0.2) is 0 Å².